The first-order valence-electron chi connectivity index (χ1n) is 8.27. The van der Waals surface area contributed by atoms with Crippen LogP contribution in [0.25, 0.3) is 0 Å². The number of likely N-dealkylation sites (tertiary alicyclic amines) is 1. The molecule has 6 heteroatoms. The number of carbonyl (C=O) groups is 3. The van der Waals surface area contributed by atoms with Crippen molar-refractivity contribution >= 4 is 35.0 Å². The molecule has 1 aliphatic heterocycles. The number of fused-ring (bicyclic) bond motifs is 1. The second kappa shape index (κ2) is 6.55. The predicted octanol–water partition coefficient (Wildman–Crippen LogP) is 3.07. The first-order valence-corrected chi connectivity index (χ1v) is 8.65. The number of amides is 3. The van der Waals surface area contributed by atoms with Crippen molar-refractivity contribution in [3.05, 3.63) is 29.3 Å². The number of halogens is 1. The van der Waals surface area contributed by atoms with Crippen LogP contribution < -0.4 is 4.90 Å². The van der Waals surface area contributed by atoms with E-state index in [-0.39, 0.29) is 36.2 Å². The molecule has 2 aliphatic rings. The van der Waals surface area contributed by atoms with Crippen molar-refractivity contribution in [1.29, 1.82) is 0 Å². The molecule has 3 atom stereocenters. The summed E-state index contributed by atoms with van der Waals surface area (Å²) >= 11 is 6.00. The summed E-state index contributed by atoms with van der Waals surface area (Å²) in [6, 6.07) is 6.85. The minimum atomic E-state index is -0.235. The van der Waals surface area contributed by atoms with Gasteiger partial charge in [0.15, 0.2) is 0 Å². The Kier molecular flexibility index (Phi) is 4.63. The number of rotatable bonds is 3. The molecule has 0 radical (unpaired) electrons. The lowest BCUT2D eigenvalue weighted by atomic mass is 9.76. The summed E-state index contributed by atoms with van der Waals surface area (Å²) in [7, 11) is 0. The lowest BCUT2D eigenvalue weighted by Crippen LogP contribution is -2.44. The van der Waals surface area contributed by atoms with E-state index < -0.39 is 0 Å². The van der Waals surface area contributed by atoms with Gasteiger partial charge in [0.1, 0.15) is 6.67 Å². The van der Waals surface area contributed by atoms with Crippen LogP contribution in [0.3, 0.4) is 0 Å². The van der Waals surface area contributed by atoms with Crippen LogP contribution in [-0.2, 0) is 14.4 Å². The molecule has 0 spiro atoms. The van der Waals surface area contributed by atoms with Crippen LogP contribution >= 0.6 is 11.6 Å². The van der Waals surface area contributed by atoms with E-state index in [1.54, 1.807) is 24.3 Å². The molecule has 128 valence electrons. The van der Waals surface area contributed by atoms with Gasteiger partial charge < -0.3 is 0 Å². The fourth-order valence-electron chi connectivity index (χ4n) is 3.75. The SMILES string of the molecule is CC(=O)N(CN1C(=O)[C@H]2CC[C@H](C)C[C@@H]2C1=O)c1cccc(Cl)c1. The fourth-order valence-corrected chi connectivity index (χ4v) is 3.93. The summed E-state index contributed by atoms with van der Waals surface area (Å²) in [5.41, 5.74) is 0.582. The van der Waals surface area contributed by atoms with Crippen LogP contribution in [0.2, 0.25) is 5.02 Å². The van der Waals surface area contributed by atoms with E-state index in [1.807, 2.05) is 0 Å². The minimum Gasteiger partial charge on any atom is -0.294 e. The van der Waals surface area contributed by atoms with Crippen molar-refractivity contribution in [2.24, 2.45) is 17.8 Å². The Hall–Kier alpha value is -1.88. The number of anilines is 1. The normalized spacial score (nSPS) is 26.5. The van der Waals surface area contributed by atoms with Gasteiger partial charge in [0.05, 0.1) is 11.8 Å². The van der Waals surface area contributed by atoms with E-state index in [2.05, 4.69) is 6.92 Å². The monoisotopic (exact) mass is 348 g/mol. The van der Waals surface area contributed by atoms with Gasteiger partial charge in [-0.15, -0.1) is 0 Å². The number of hydrogen-bond acceptors (Lipinski definition) is 3. The highest BCUT2D eigenvalue weighted by Gasteiger charge is 2.49. The van der Waals surface area contributed by atoms with Gasteiger partial charge in [-0.3, -0.25) is 24.2 Å². The van der Waals surface area contributed by atoms with E-state index in [4.69, 9.17) is 11.6 Å². The predicted molar refractivity (Wildman–Crippen MR) is 91.3 cm³/mol. The van der Waals surface area contributed by atoms with Gasteiger partial charge >= 0.3 is 0 Å². The Morgan fingerprint density at radius 3 is 2.62 bits per heavy atom. The summed E-state index contributed by atoms with van der Waals surface area (Å²) in [5.74, 6) is -0.521. The molecule has 1 heterocycles. The molecule has 0 unspecified atom stereocenters. The van der Waals surface area contributed by atoms with E-state index in [0.717, 1.165) is 19.3 Å². The van der Waals surface area contributed by atoms with Crippen molar-refractivity contribution < 1.29 is 14.4 Å². The third-order valence-electron chi connectivity index (χ3n) is 5.06. The van der Waals surface area contributed by atoms with E-state index >= 15 is 0 Å². The van der Waals surface area contributed by atoms with Gasteiger partial charge in [0.2, 0.25) is 17.7 Å². The zero-order chi connectivity index (χ0) is 17.4. The van der Waals surface area contributed by atoms with Crippen LogP contribution in [0.15, 0.2) is 24.3 Å². The fraction of sp³-hybridized carbons (Fsp3) is 0.500. The zero-order valence-electron chi connectivity index (χ0n) is 13.9. The van der Waals surface area contributed by atoms with Crippen molar-refractivity contribution in [3.63, 3.8) is 0 Å². The molecule has 1 aliphatic carbocycles. The highest BCUT2D eigenvalue weighted by molar-refractivity contribution is 6.30. The van der Waals surface area contributed by atoms with Crippen LogP contribution in [0.5, 0.6) is 0 Å². The summed E-state index contributed by atoms with van der Waals surface area (Å²) in [6.07, 6.45) is 2.48. The first-order chi connectivity index (χ1) is 11.4. The van der Waals surface area contributed by atoms with Gasteiger partial charge in [0.25, 0.3) is 0 Å². The van der Waals surface area contributed by atoms with Gasteiger partial charge in [-0.05, 0) is 43.4 Å². The molecular formula is C18H21ClN2O3. The Balaban J connectivity index is 1.84. The summed E-state index contributed by atoms with van der Waals surface area (Å²) in [6.45, 7) is 3.49. The maximum Gasteiger partial charge on any atom is 0.234 e. The highest BCUT2D eigenvalue weighted by Crippen LogP contribution is 2.40. The van der Waals surface area contributed by atoms with Crippen LogP contribution in [0, 0.1) is 17.8 Å². The third kappa shape index (κ3) is 3.05. The second-order valence-electron chi connectivity index (χ2n) is 6.80. The molecule has 1 saturated heterocycles. The van der Waals surface area contributed by atoms with Crippen molar-refractivity contribution in [2.45, 2.75) is 33.1 Å². The Morgan fingerprint density at radius 1 is 1.25 bits per heavy atom. The summed E-state index contributed by atoms with van der Waals surface area (Å²) in [5, 5.41) is 0.500. The molecule has 3 rings (SSSR count). The molecule has 0 bridgehead atoms. The maximum atomic E-state index is 12.7. The first kappa shape index (κ1) is 17.0. The topological polar surface area (TPSA) is 57.7 Å². The third-order valence-corrected chi connectivity index (χ3v) is 5.30. The average Bonchev–Trinajstić information content (AvgIpc) is 2.76. The van der Waals surface area contributed by atoms with Crippen molar-refractivity contribution in [2.75, 3.05) is 11.6 Å². The molecule has 3 amide bonds. The largest absolute Gasteiger partial charge is 0.294 e. The quantitative estimate of drug-likeness (QED) is 0.789. The summed E-state index contributed by atoms with van der Waals surface area (Å²) < 4.78 is 0. The van der Waals surface area contributed by atoms with E-state index in [1.165, 1.54) is 16.7 Å². The van der Waals surface area contributed by atoms with Gasteiger partial charge in [-0.25, -0.2) is 0 Å². The van der Waals surface area contributed by atoms with E-state index in [0.29, 0.717) is 16.6 Å². The van der Waals surface area contributed by atoms with E-state index in [9.17, 15) is 14.4 Å². The minimum absolute atomic E-state index is 0.0469. The number of benzene rings is 1. The lowest BCUT2D eigenvalue weighted by Gasteiger charge is -2.26. The molecule has 0 N–H and O–H groups in total. The van der Waals surface area contributed by atoms with Crippen molar-refractivity contribution in [1.82, 2.24) is 4.90 Å². The molecule has 5 nitrogen and oxygen atoms in total. The van der Waals surface area contributed by atoms with Gasteiger partial charge in [0, 0.05) is 17.6 Å². The second-order valence-corrected chi connectivity index (χ2v) is 7.24. The summed E-state index contributed by atoms with van der Waals surface area (Å²) in [4.78, 5) is 40.1. The molecule has 2 fully saturated rings. The molecule has 1 aromatic carbocycles. The van der Waals surface area contributed by atoms with Crippen LogP contribution in [-0.4, -0.2) is 29.3 Å². The number of imide groups is 1. The van der Waals surface area contributed by atoms with Gasteiger partial charge in [-0.1, -0.05) is 24.6 Å². The standard InChI is InChI=1S/C18H21ClN2O3/c1-11-6-7-15-16(8-11)18(24)21(17(15)23)10-20(12(2)22)14-5-3-4-13(19)9-14/h3-5,9,11,15-16H,6-8,10H2,1-2H3/t11-,15-,16-/m0/s1. The average molecular weight is 349 g/mol. The maximum absolute atomic E-state index is 12.7. The molecule has 0 aromatic heterocycles. The van der Waals surface area contributed by atoms with Crippen molar-refractivity contribution in [3.8, 4) is 0 Å². The Labute approximate surface area is 146 Å². The zero-order valence-corrected chi connectivity index (χ0v) is 14.6. The van der Waals surface area contributed by atoms with Gasteiger partial charge in [-0.2, -0.15) is 0 Å². The molecule has 24 heavy (non-hydrogen) atoms. The van der Waals surface area contributed by atoms with Crippen LogP contribution in [0.1, 0.15) is 33.1 Å². The molecular weight excluding hydrogens is 328 g/mol. The number of carbonyl (C=O) groups excluding carboxylic acids is 3. The number of nitrogens with zero attached hydrogens (tertiary/aromatic N) is 2. The Bertz CT molecular complexity index is 691. The van der Waals surface area contributed by atoms with Crippen LogP contribution in [0.4, 0.5) is 5.69 Å². The molecule has 1 aromatic rings. The number of hydrogen-bond donors (Lipinski definition) is 0. The smallest absolute Gasteiger partial charge is 0.234 e. The lowest BCUT2D eigenvalue weighted by molar-refractivity contribution is -0.140. The highest BCUT2D eigenvalue weighted by atomic mass is 35.5. The Morgan fingerprint density at radius 2 is 1.96 bits per heavy atom. The molecule has 1 saturated carbocycles.